The normalized spacial score (nSPS) is 10.7. The molecule has 0 saturated heterocycles. The van der Waals surface area contributed by atoms with Gasteiger partial charge >= 0.3 is 0 Å². The molecule has 0 unspecified atom stereocenters. The summed E-state index contributed by atoms with van der Waals surface area (Å²) >= 11 is 1.35. The number of thiazole rings is 1. The summed E-state index contributed by atoms with van der Waals surface area (Å²) < 4.78 is 0. The van der Waals surface area contributed by atoms with Crippen molar-refractivity contribution in [3.05, 3.63) is 77.7 Å². The molecule has 0 bridgehead atoms. The van der Waals surface area contributed by atoms with Crippen LogP contribution in [0.3, 0.4) is 0 Å². The van der Waals surface area contributed by atoms with Crippen LogP contribution in [0.2, 0.25) is 0 Å². The first-order valence-corrected chi connectivity index (χ1v) is 8.63. The summed E-state index contributed by atoms with van der Waals surface area (Å²) in [6.45, 7) is 0. The van der Waals surface area contributed by atoms with E-state index in [0.29, 0.717) is 10.5 Å². The smallest absolute Gasteiger partial charge is 0.261 e. The summed E-state index contributed by atoms with van der Waals surface area (Å²) in [5, 5.41) is 17.1. The average Bonchev–Trinajstić information content (AvgIpc) is 3.11. The van der Waals surface area contributed by atoms with Crippen LogP contribution in [0.25, 0.3) is 22.0 Å². The van der Waals surface area contributed by atoms with E-state index >= 15 is 0 Å². The van der Waals surface area contributed by atoms with E-state index in [-0.39, 0.29) is 17.2 Å². The number of carbonyl (C=O) groups excluding carboxylic acids is 1. The Labute approximate surface area is 148 Å². The van der Waals surface area contributed by atoms with Crippen LogP contribution < -0.4 is 5.32 Å². The molecule has 4 aromatic rings. The maximum Gasteiger partial charge on any atom is 0.261 e. The molecule has 1 amide bonds. The Balaban J connectivity index is 1.61. The van der Waals surface area contributed by atoms with Gasteiger partial charge in [-0.15, -0.1) is 11.3 Å². The number of hydrogen-bond donors (Lipinski definition) is 2. The highest BCUT2D eigenvalue weighted by Gasteiger charge is 2.15. The zero-order chi connectivity index (χ0) is 17.2. The second-order valence-electron chi connectivity index (χ2n) is 5.54. The predicted molar refractivity (Wildman–Crippen MR) is 101 cm³/mol. The number of nitrogens with zero attached hydrogens (tertiary/aromatic N) is 1. The van der Waals surface area contributed by atoms with E-state index in [2.05, 4.69) is 10.3 Å². The molecule has 0 atom stereocenters. The van der Waals surface area contributed by atoms with Gasteiger partial charge in [-0.05, 0) is 11.5 Å². The molecule has 122 valence electrons. The molecule has 0 aliphatic carbocycles. The van der Waals surface area contributed by atoms with E-state index in [1.165, 1.54) is 11.3 Å². The van der Waals surface area contributed by atoms with Gasteiger partial charge in [-0.1, -0.05) is 60.7 Å². The van der Waals surface area contributed by atoms with E-state index in [0.717, 1.165) is 16.6 Å². The minimum absolute atomic E-state index is 0.0181. The number of amides is 1. The van der Waals surface area contributed by atoms with Crippen molar-refractivity contribution in [1.82, 2.24) is 4.98 Å². The van der Waals surface area contributed by atoms with Gasteiger partial charge in [0.15, 0.2) is 5.13 Å². The molecule has 0 radical (unpaired) electrons. The van der Waals surface area contributed by atoms with Crippen molar-refractivity contribution in [2.45, 2.75) is 0 Å². The number of aromatic hydroxyl groups is 1. The number of aromatic nitrogens is 1. The Morgan fingerprint density at radius 2 is 1.72 bits per heavy atom. The number of rotatable bonds is 3. The minimum Gasteiger partial charge on any atom is -0.506 e. The number of nitrogens with one attached hydrogen (secondary N) is 1. The SMILES string of the molecule is O=C(Nc1nc(-c2ccccc2)cs1)c1ccc2ccccc2c1O. The molecule has 4 rings (SSSR count). The molecule has 1 aromatic heterocycles. The molecule has 0 spiro atoms. The molecule has 0 saturated carbocycles. The van der Waals surface area contributed by atoms with Gasteiger partial charge in [0.1, 0.15) is 5.75 Å². The fraction of sp³-hybridized carbons (Fsp3) is 0. The lowest BCUT2D eigenvalue weighted by Gasteiger charge is -2.07. The van der Waals surface area contributed by atoms with Crippen LogP contribution >= 0.6 is 11.3 Å². The summed E-state index contributed by atoms with van der Waals surface area (Å²) in [6, 6.07) is 20.6. The van der Waals surface area contributed by atoms with Crippen molar-refractivity contribution in [3.8, 4) is 17.0 Å². The van der Waals surface area contributed by atoms with Crippen LogP contribution in [0.1, 0.15) is 10.4 Å². The lowest BCUT2D eigenvalue weighted by Crippen LogP contribution is -2.12. The summed E-state index contributed by atoms with van der Waals surface area (Å²) in [4.78, 5) is 17.0. The number of benzene rings is 3. The number of phenolic OH excluding ortho intramolecular Hbond substituents is 1. The van der Waals surface area contributed by atoms with E-state index < -0.39 is 0 Å². The van der Waals surface area contributed by atoms with Crippen LogP contribution in [0.15, 0.2) is 72.1 Å². The highest BCUT2D eigenvalue weighted by atomic mass is 32.1. The third-order valence-electron chi connectivity index (χ3n) is 3.94. The summed E-state index contributed by atoms with van der Waals surface area (Å²) in [5.74, 6) is -0.396. The van der Waals surface area contributed by atoms with Crippen molar-refractivity contribution >= 4 is 33.1 Å². The van der Waals surface area contributed by atoms with E-state index in [4.69, 9.17) is 0 Å². The molecular weight excluding hydrogens is 332 g/mol. The van der Waals surface area contributed by atoms with Crippen molar-refractivity contribution in [1.29, 1.82) is 0 Å². The summed E-state index contributed by atoms with van der Waals surface area (Å²) in [7, 11) is 0. The molecule has 0 fully saturated rings. The molecule has 25 heavy (non-hydrogen) atoms. The zero-order valence-corrected chi connectivity index (χ0v) is 14.0. The Morgan fingerprint density at radius 1 is 0.960 bits per heavy atom. The van der Waals surface area contributed by atoms with E-state index in [9.17, 15) is 9.90 Å². The van der Waals surface area contributed by atoms with Crippen molar-refractivity contribution in [3.63, 3.8) is 0 Å². The van der Waals surface area contributed by atoms with E-state index in [1.807, 2.05) is 60.0 Å². The van der Waals surface area contributed by atoms with Gasteiger partial charge < -0.3 is 5.11 Å². The standard InChI is InChI=1S/C20H14N2O2S/c23-18-15-9-5-4-6-13(15)10-11-16(18)19(24)22-20-21-17(12-25-20)14-7-2-1-3-8-14/h1-12,23H,(H,21,22,24). The maximum absolute atomic E-state index is 12.5. The topological polar surface area (TPSA) is 62.2 Å². The molecule has 0 aliphatic heterocycles. The largest absolute Gasteiger partial charge is 0.506 e. The Hall–Kier alpha value is -3.18. The van der Waals surface area contributed by atoms with Crippen molar-refractivity contribution < 1.29 is 9.90 Å². The second-order valence-corrected chi connectivity index (χ2v) is 6.40. The first kappa shape index (κ1) is 15.4. The summed E-state index contributed by atoms with van der Waals surface area (Å²) in [6.07, 6.45) is 0. The van der Waals surface area contributed by atoms with Gasteiger partial charge in [0.05, 0.1) is 11.3 Å². The van der Waals surface area contributed by atoms with Crippen LogP contribution in [0.5, 0.6) is 5.75 Å². The fourth-order valence-corrected chi connectivity index (χ4v) is 3.39. The monoisotopic (exact) mass is 346 g/mol. The quantitative estimate of drug-likeness (QED) is 0.553. The van der Waals surface area contributed by atoms with Gasteiger partial charge in [-0.25, -0.2) is 4.98 Å². The third kappa shape index (κ3) is 2.97. The highest BCUT2D eigenvalue weighted by Crippen LogP contribution is 2.30. The lowest BCUT2D eigenvalue weighted by atomic mass is 10.1. The Morgan fingerprint density at radius 3 is 2.56 bits per heavy atom. The third-order valence-corrected chi connectivity index (χ3v) is 4.70. The first-order chi connectivity index (χ1) is 12.2. The molecule has 0 aliphatic rings. The number of carbonyl (C=O) groups is 1. The summed E-state index contributed by atoms with van der Waals surface area (Å²) in [5.41, 5.74) is 2.03. The molecule has 3 aromatic carbocycles. The molecule has 2 N–H and O–H groups in total. The molecular formula is C20H14N2O2S. The minimum atomic E-state index is -0.378. The number of fused-ring (bicyclic) bond motifs is 1. The van der Waals surface area contributed by atoms with Crippen LogP contribution in [0.4, 0.5) is 5.13 Å². The average molecular weight is 346 g/mol. The Bertz CT molecular complexity index is 1060. The van der Waals surface area contributed by atoms with Crippen LogP contribution in [-0.4, -0.2) is 16.0 Å². The fourth-order valence-electron chi connectivity index (χ4n) is 2.68. The molecule has 1 heterocycles. The van der Waals surface area contributed by atoms with Gasteiger partial charge in [0.2, 0.25) is 0 Å². The van der Waals surface area contributed by atoms with E-state index in [1.54, 1.807) is 12.1 Å². The predicted octanol–water partition coefficient (Wildman–Crippen LogP) is 4.92. The molecule has 5 heteroatoms. The van der Waals surface area contributed by atoms with Gasteiger partial charge in [0, 0.05) is 16.3 Å². The van der Waals surface area contributed by atoms with Crippen LogP contribution in [0, 0.1) is 0 Å². The van der Waals surface area contributed by atoms with Crippen molar-refractivity contribution in [2.75, 3.05) is 5.32 Å². The maximum atomic E-state index is 12.5. The number of hydrogen-bond acceptors (Lipinski definition) is 4. The lowest BCUT2D eigenvalue weighted by molar-refractivity contribution is 0.102. The van der Waals surface area contributed by atoms with Crippen LogP contribution in [-0.2, 0) is 0 Å². The van der Waals surface area contributed by atoms with Gasteiger partial charge in [-0.3, -0.25) is 10.1 Å². The van der Waals surface area contributed by atoms with Crippen molar-refractivity contribution in [2.24, 2.45) is 0 Å². The van der Waals surface area contributed by atoms with Gasteiger partial charge in [0.25, 0.3) is 5.91 Å². The molecule has 4 nitrogen and oxygen atoms in total. The van der Waals surface area contributed by atoms with Gasteiger partial charge in [-0.2, -0.15) is 0 Å². The number of phenols is 1. The zero-order valence-electron chi connectivity index (χ0n) is 13.1. The Kier molecular flexibility index (Phi) is 3.91. The second kappa shape index (κ2) is 6.37. The first-order valence-electron chi connectivity index (χ1n) is 7.75. The number of anilines is 1. The highest BCUT2D eigenvalue weighted by molar-refractivity contribution is 7.14.